The highest BCUT2D eigenvalue weighted by atomic mass is 32.1. The van der Waals surface area contributed by atoms with E-state index in [0.717, 1.165) is 23.5 Å². The predicted molar refractivity (Wildman–Crippen MR) is 53.2 cm³/mol. The van der Waals surface area contributed by atoms with Crippen molar-refractivity contribution in [3.05, 3.63) is 0 Å². The summed E-state index contributed by atoms with van der Waals surface area (Å²) < 4.78 is 0. The van der Waals surface area contributed by atoms with Crippen LogP contribution in [0.3, 0.4) is 0 Å². The highest BCUT2D eigenvalue weighted by molar-refractivity contribution is 7.80. The average Bonchev–Trinajstić information content (AvgIpc) is 2.34. The lowest BCUT2D eigenvalue weighted by Gasteiger charge is -2.17. The van der Waals surface area contributed by atoms with E-state index in [2.05, 4.69) is 31.8 Å². The molecule has 0 saturated carbocycles. The predicted octanol–water partition coefficient (Wildman–Crippen LogP) is 1.80. The molecule has 1 N–H and O–H groups in total. The van der Waals surface area contributed by atoms with E-state index in [1.165, 1.54) is 19.5 Å². The van der Waals surface area contributed by atoms with E-state index in [9.17, 15) is 0 Å². The maximum atomic E-state index is 4.36. The van der Waals surface area contributed by atoms with E-state index in [1.807, 2.05) is 0 Å². The van der Waals surface area contributed by atoms with Gasteiger partial charge in [-0.1, -0.05) is 13.8 Å². The molecule has 0 aromatic carbocycles. The second-order valence-corrected chi connectivity index (χ2v) is 4.36. The average molecular weight is 173 g/mol. The van der Waals surface area contributed by atoms with E-state index >= 15 is 0 Å². The fraction of sp³-hybridized carbons (Fsp3) is 1.00. The fourth-order valence-electron chi connectivity index (χ4n) is 1.88. The molecule has 1 fully saturated rings. The number of hydrogen-bond donors (Lipinski definition) is 2. The molecule has 66 valence electrons. The van der Waals surface area contributed by atoms with Crippen molar-refractivity contribution in [1.29, 1.82) is 0 Å². The summed E-state index contributed by atoms with van der Waals surface area (Å²) in [5, 5.41) is 3.43. The second-order valence-electron chi connectivity index (χ2n) is 3.99. The highest BCUT2D eigenvalue weighted by Crippen LogP contribution is 2.24. The Labute approximate surface area is 75.4 Å². The molecule has 1 rings (SSSR count). The van der Waals surface area contributed by atoms with Gasteiger partial charge in [0.25, 0.3) is 0 Å². The summed E-state index contributed by atoms with van der Waals surface area (Å²) in [4.78, 5) is 0. The molecule has 0 radical (unpaired) electrons. The molecule has 2 unspecified atom stereocenters. The van der Waals surface area contributed by atoms with Crippen molar-refractivity contribution >= 4 is 12.6 Å². The van der Waals surface area contributed by atoms with Crippen LogP contribution in [0.15, 0.2) is 0 Å². The molecule has 0 aromatic heterocycles. The zero-order valence-electron chi connectivity index (χ0n) is 7.51. The number of rotatable bonds is 3. The first-order valence-electron chi connectivity index (χ1n) is 4.55. The summed E-state index contributed by atoms with van der Waals surface area (Å²) in [7, 11) is 0. The quantitative estimate of drug-likeness (QED) is 0.620. The monoisotopic (exact) mass is 173 g/mol. The van der Waals surface area contributed by atoms with Crippen molar-refractivity contribution < 1.29 is 0 Å². The fourth-order valence-corrected chi connectivity index (χ4v) is 2.31. The summed E-state index contributed by atoms with van der Waals surface area (Å²) in [6.07, 6.45) is 1.36. The first-order chi connectivity index (χ1) is 5.24. The summed E-state index contributed by atoms with van der Waals surface area (Å²) in [6, 6.07) is 0. The van der Waals surface area contributed by atoms with Gasteiger partial charge in [-0.25, -0.2) is 0 Å². The Morgan fingerprint density at radius 1 is 1.36 bits per heavy atom. The van der Waals surface area contributed by atoms with Crippen LogP contribution in [0, 0.1) is 17.8 Å². The zero-order valence-corrected chi connectivity index (χ0v) is 8.40. The number of thiol groups is 1. The van der Waals surface area contributed by atoms with Gasteiger partial charge in [0.2, 0.25) is 0 Å². The summed E-state index contributed by atoms with van der Waals surface area (Å²) in [6.45, 7) is 6.99. The molecule has 1 nitrogen and oxygen atoms in total. The Bertz CT molecular complexity index is 114. The Morgan fingerprint density at radius 3 is 2.55 bits per heavy atom. The van der Waals surface area contributed by atoms with Crippen LogP contribution >= 0.6 is 12.6 Å². The van der Waals surface area contributed by atoms with Gasteiger partial charge in [0, 0.05) is 0 Å². The van der Waals surface area contributed by atoms with Gasteiger partial charge in [0.15, 0.2) is 0 Å². The molecule has 0 aromatic rings. The summed E-state index contributed by atoms with van der Waals surface area (Å²) >= 11 is 4.36. The minimum absolute atomic E-state index is 0.820. The van der Waals surface area contributed by atoms with Crippen LogP contribution in [0.5, 0.6) is 0 Å². The van der Waals surface area contributed by atoms with Gasteiger partial charge in [-0.3, -0.25) is 0 Å². The van der Waals surface area contributed by atoms with Crippen molar-refractivity contribution in [2.75, 3.05) is 18.8 Å². The zero-order chi connectivity index (χ0) is 8.27. The van der Waals surface area contributed by atoms with Gasteiger partial charge < -0.3 is 5.32 Å². The van der Waals surface area contributed by atoms with Gasteiger partial charge in [-0.2, -0.15) is 12.6 Å². The molecule has 11 heavy (non-hydrogen) atoms. The van der Waals surface area contributed by atoms with E-state index in [4.69, 9.17) is 0 Å². The standard InChI is InChI=1S/C9H19NS/c1-7(2)3-8-4-10-5-9(8)6-11/h7-11H,3-6H2,1-2H3. The van der Waals surface area contributed by atoms with Gasteiger partial charge in [-0.15, -0.1) is 0 Å². The number of hydrogen-bond acceptors (Lipinski definition) is 2. The molecular weight excluding hydrogens is 154 g/mol. The van der Waals surface area contributed by atoms with Crippen molar-refractivity contribution in [3.63, 3.8) is 0 Å². The van der Waals surface area contributed by atoms with E-state index < -0.39 is 0 Å². The van der Waals surface area contributed by atoms with Crippen molar-refractivity contribution in [2.24, 2.45) is 17.8 Å². The smallest absolute Gasteiger partial charge is 0.000946 e. The third-order valence-corrected chi connectivity index (χ3v) is 2.96. The number of nitrogens with one attached hydrogen (secondary N) is 1. The van der Waals surface area contributed by atoms with E-state index in [0.29, 0.717) is 0 Å². The van der Waals surface area contributed by atoms with Crippen LogP contribution in [-0.4, -0.2) is 18.8 Å². The minimum Gasteiger partial charge on any atom is -0.316 e. The molecule has 1 aliphatic rings. The van der Waals surface area contributed by atoms with Crippen molar-refractivity contribution in [1.82, 2.24) is 5.32 Å². The highest BCUT2D eigenvalue weighted by Gasteiger charge is 2.25. The van der Waals surface area contributed by atoms with Gasteiger partial charge >= 0.3 is 0 Å². The van der Waals surface area contributed by atoms with E-state index in [1.54, 1.807) is 0 Å². The topological polar surface area (TPSA) is 12.0 Å². The Hall–Kier alpha value is 0.310. The maximum absolute atomic E-state index is 4.36. The van der Waals surface area contributed by atoms with Gasteiger partial charge in [0.1, 0.15) is 0 Å². The molecule has 0 bridgehead atoms. The normalized spacial score (nSPS) is 31.6. The van der Waals surface area contributed by atoms with Gasteiger partial charge in [0.05, 0.1) is 0 Å². The van der Waals surface area contributed by atoms with Crippen molar-refractivity contribution in [2.45, 2.75) is 20.3 Å². The van der Waals surface area contributed by atoms with Crippen LogP contribution < -0.4 is 5.32 Å². The maximum Gasteiger partial charge on any atom is -0.000946 e. The SMILES string of the molecule is CC(C)CC1CNCC1CS. The van der Waals surface area contributed by atoms with E-state index in [-0.39, 0.29) is 0 Å². The molecule has 2 atom stereocenters. The lowest BCUT2D eigenvalue weighted by molar-refractivity contribution is 0.371. The van der Waals surface area contributed by atoms with Crippen LogP contribution in [0.2, 0.25) is 0 Å². The first kappa shape index (κ1) is 9.40. The minimum atomic E-state index is 0.820. The van der Waals surface area contributed by atoms with Crippen LogP contribution in [-0.2, 0) is 0 Å². The van der Waals surface area contributed by atoms with Crippen molar-refractivity contribution in [3.8, 4) is 0 Å². The Balaban J connectivity index is 2.31. The van der Waals surface area contributed by atoms with Crippen LogP contribution in [0.25, 0.3) is 0 Å². The molecule has 1 aliphatic heterocycles. The summed E-state index contributed by atoms with van der Waals surface area (Å²) in [5.74, 6) is 3.58. The van der Waals surface area contributed by atoms with Crippen LogP contribution in [0.1, 0.15) is 20.3 Å². The first-order valence-corrected chi connectivity index (χ1v) is 5.19. The molecule has 2 heteroatoms. The second kappa shape index (κ2) is 4.36. The Morgan fingerprint density at radius 2 is 2.00 bits per heavy atom. The molecule has 0 spiro atoms. The molecular formula is C9H19NS. The molecule has 1 heterocycles. The summed E-state index contributed by atoms with van der Waals surface area (Å²) in [5.41, 5.74) is 0. The lowest BCUT2D eigenvalue weighted by atomic mass is 9.89. The molecule has 1 saturated heterocycles. The Kier molecular flexibility index (Phi) is 3.73. The van der Waals surface area contributed by atoms with Gasteiger partial charge in [-0.05, 0) is 43.0 Å². The lowest BCUT2D eigenvalue weighted by Crippen LogP contribution is -2.15. The molecule has 0 aliphatic carbocycles. The molecule has 0 amide bonds. The third-order valence-electron chi connectivity index (χ3n) is 2.49. The van der Waals surface area contributed by atoms with Crippen LogP contribution in [0.4, 0.5) is 0 Å². The largest absolute Gasteiger partial charge is 0.316 e. The third kappa shape index (κ3) is 2.68.